The summed E-state index contributed by atoms with van der Waals surface area (Å²) in [6.07, 6.45) is 2.16. The van der Waals surface area contributed by atoms with Gasteiger partial charge >= 0.3 is 0 Å². The van der Waals surface area contributed by atoms with Gasteiger partial charge in [-0.1, -0.05) is 54.4 Å². The number of likely N-dealkylation sites (tertiary alicyclic amines) is 1. The predicted molar refractivity (Wildman–Crippen MR) is 164 cm³/mol. The number of hydrogen-bond acceptors (Lipinski definition) is 7. The van der Waals surface area contributed by atoms with Crippen molar-refractivity contribution in [2.24, 2.45) is 0 Å². The van der Waals surface area contributed by atoms with Gasteiger partial charge in [0, 0.05) is 30.8 Å². The van der Waals surface area contributed by atoms with Gasteiger partial charge in [-0.3, -0.25) is 19.2 Å². The van der Waals surface area contributed by atoms with Gasteiger partial charge in [0.2, 0.25) is 17.6 Å². The molecule has 0 bridgehead atoms. The number of ketones is 1. The molecule has 2 aromatic rings. The Labute approximate surface area is 266 Å². The van der Waals surface area contributed by atoms with Crippen LogP contribution in [0, 0.1) is 0 Å². The minimum atomic E-state index is -4.04. The number of ether oxygens (including phenoxy) is 1. The number of benzene rings is 2. The summed E-state index contributed by atoms with van der Waals surface area (Å²) in [5, 5.41) is 4.81. The second-order valence-electron chi connectivity index (χ2n) is 11.6. The zero-order chi connectivity index (χ0) is 31.6. The molecule has 13 heteroatoms. The summed E-state index contributed by atoms with van der Waals surface area (Å²) in [6.45, 7) is 2.39. The molecule has 0 spiro atoms. The van der Waals surface area contributed by atoms with Crippen LogP contribution < -0.4 is 10.6 Å². The lowest BCUT2D eigenvalue weighted by atomic mass is 9.94. The van der Waals surface area contributed by atoms with Crippen LogP contribution >= 0.6 is 23.2 Å². The average molecular weight is 665 g/mol. The van der Waals surface area contributed by atoms with Crippen molar-refractivity contribution < 1.29 is 32.3 Å². The third-order valence-electron chi connectivity index (χ3n) is 8.79. The van der Waals surface area contributed by atoms with Gasteiger partial charge < -0.3 is 20.3 Å². The van der Waals surface area contributed by atoms with Crippen LogP contribution in [0.4, 0.5) is 0 Å². The zero-order valence-corrected chi connectivity index (χ0v) is 26.6. The van der Waals surface area contributed by atoms with E-state index >= 15 is 0 Å². The van der Waals surface area contributed by atoms with E-state index in [1.165, 1.54) is 17.0 Å². The van der Waals surface area contributed by atoms with Crippen molar-refractivity contribution in [3.05, 3.63) is 64.1 Å². The second kappa shape index (κ2) is 13.2. The summed E-state index contributed by atoms with van der Waals surface area (Å²) in [7, 11) is -4.04. The van der Waals surface area contributed by atoms with E-state index in [2.05, 4.69) is 10.6 Å². The minimum absolute atomic E-state index is 0.0466. The first-order chi connectivity index (χ1) is 21.0. The van der Waals surface area contributed by atoms with E-state index in [1.54, 1.807) is 43.3 Å². The predicted octanol–water partition coefficient (Wildman–Crippen LogP) is 3.23. The highest BCUT2D eigenvalue weighted by atomic mass is 35.5. The van der Waals surface area contributed by atoms with Gasteiger partial charge in [-0.15, -0.1) is 0 Å². The van der Waals surface area contributed by atoms with E-state index in [0.717, 1.165) is 5.56 Å². The Bertz CT molecular complexity index is 1540. The largest absolute Gasteiger partial charge is 0.381 e. The highest BCUT2D eigenvalue weighted by molar-refractivity contribution is 7.92. The number of halogens is 2. The van der Waals surface area contributed by atoms with Gasteiger partial charge in [0.15, 0.2) is 9.84 Å². The third kappa shape index (κ3) is 6.51. The molecule has 0 radical (unpaired) electrons. The normalized spacial score (nSPS) is 22.2. The van der Waals surface area contributed by atoms with Crippen LogP contribution in [0.2, 0.25) is 10.0 Å². The molecule has 1 aliphatic carbocycles. The van der Waals surface area contributed by atoms with Crippen LogP contribution in [0.1, 0.15) is 51.0 Å². The first kappa shape index (κ1) is 32.4. The molecule has 5 rings (SSSR count). The van der Waals surface area contributed by atoms with E-state index in [1.807, 2.05) is 0 Å². The van der Waals surface area contributed by atoms with E-state index in [9.17, 15) is 27.6 Å². The molecule has 1 saturated carbocycles. The van der Waals surface area contributed by atoms with Crippen LogP contribution in [-0.2, 0) is 39.2 Å². The smallest absolute Gasteiger partial charge is 0.289 e. The Hall–Kier alpha value is -2.99. The molecule has 2 aromatic carbocycles. The number of hydrogen-bond donors (Lipinski definition) is 2. The Balaban J connectivity index is 1.39. The van der Waals surface area contributed by atoms with E-state index in [0.29, 0.717) is 43.9 Å². The van der Waals surface area contributed by atoms with Gasteiger partial charge in [-0.25, -0.2) is 8.42 Å². The molecule has 3 fully saturated rings. The highest BCUT2D eigenvalue weighted by Gasteiger charge is 2.57. The van der Waals surface area contributed by atoms with Crippen molar-refractivity contribution >= 4 is 56.5 Å². The van der Waals surface area contributed by atoms with Crippen LogP contribution in [0.3, 0.4) is 0 Å². The number of sulfone groups is 1. The molecule has 2 heterocycles. The summed E-state index contributed by atoms with van der Waals surface area (Å²) < 4.78 is 32.8. The van der Waals surface area contributed by atoms with Crippen molar-refractivity contribution in [2.75, 3.05) is 19.8 Å². The van der Waals surface area contributed by atoms with Crippen LogP contribution in [0.25, 0.3) is 0 Å². The number of Topliss-reactive ketones (excluding diaryl/α,β-unsaturated/α-hetero) is 1. The molecule has 3 amide bonds. The molecule has 236 valence electrons. The summed E-state index contributed by atoms with van der Waals surface area (Å²) in [5.74, 6) is -2.67. The molecule has 2 saturated heterocycles. The standard InChI is InChI=1S/C31H35Cl2N3O7S/c1-2-24(27(37)29(39)34-21-11-15-43-16-12-21)35-28(38)25-17-22(44(41,42)26-6-4-3-5-23(26)33)18-36(25)30(40)31(13-14-31)19-7-9-20(32)10-8-19/h3-10,21-22,24-25H,2,11-18H2,1H3,(H,34,39)(H,35,38)/t22-,24?,25+/m1/s1. The van der Waals surface area contributed by atoms with Crippen molar-refractivity contribution in [1.29, 1.82) is 0 Å². The van der Waals surface area contributed by atoms with Crippen molar-refractivity contribution in [1.82, 2.24) is 15.5 Å². The van der Waals surface area contributed by atoms with Crippen LogP contribution in [0.5, 0.6) is 0 Å². The fourth-order valence-corrected chi connectivity index (χ4v) is 8.37. The minimum Gasteiger partial charge on any atom is -0.381 e. The quantitative estimate of drug-likeness (QED) is 0.372. The Morgan fingerprint density at radius 2 is 1.68 bits per heavy atom. The lowest BCUT2D eigenvalue weighted by molar-refractivity contribution is -0.143. The van der Waals surface area contributed by atoms with E-state index in [-0.39, 0.29) is 41.3 Å². The number of rotatable bonds is 10. The Morgan fingerprint density at radius 3 is 2.30 bits per heavy atom. The van der Waals surface area contributed by atoms with Crippen molar-refractivity contribution in [3.63, 3.8) is 0 Å². The maximum Gasteiger partial charge on any atom is 0.289 e. The number of carbonyl (C=O) groups excluding carboxylic acids is 4. The first-order valence-corrected chi connectivity index (χ1v) is 17.1. The maximum atomic E-state index is 14.2. The lowest BCUT2D eigenvalue weighted by Gasteiger charge is -2.29. The molecule has 1 unspecified atom stereocenters. The van der Waals surface area contributed by atoms with Crippen LogP contribution in [0.15, 0.2) is 53.4 Å². The van der Waals surface area contributed by atoms with Gasteiger partial charge in [0.1, 0.15) is 6.04 Å². The zero-order valence-electron chi connectivity index (χ0n) is 24.3. The van der Waals surface area contributed by atoms with Gasteiger partial charge in [0.05, 0.1) is 26.6 Å². The summed E-state index contributed by atoms with van der Waals surface area (Å²) in [4.78, 5) is 55.1. The van der Waals surface area contributed by atoms with Crippen LogP contribution in [-0.4, -0.2) is 80.0 Å². The molecule has 3 aliphatic rings. The monoisotopic (exact) mass is 663 g/mol. The van der Waals surface area contributed by atoms with Gasteiger partial charge in [0.25, 0.3) is 5.91 Å². The maximum absolute atomic E-state index is 14.2. The number of nitrogens with zero attached hydrogens (tertiary/aromatic N) is 1. The summed E-state index contributed by atoms with van der Waals surface area (Å²) in [6, 6.07) is 10.4. The van der Waals surface area contributed by atoms with E-state index in [4.69, 9.17) is 27.9 Å². The lowest BCUT2D eigenvalue weighted by Crippen LogP contribution is -2.55. The van der Waals surface area contributed by atoms with E-state index < -0.39 is 50.2 Å². The molecular weight excluding hydrogens is 629 g/mol. The molecule has 0 aromatic heterocycles. The Kier molecular flexibility index (Phi) is 9.69. The van der Waals surface area contributed by atoms with Gasteiger partial charge in [-0.2, -0.15) is 0 Å². The summed E-state index contributed by atoms with van der Waals surface area (Å²) in [5.41, 5.74) is -0.176. The molecule has 44 heavy (non-hydrogen) atoms. The van der Waals surface area contributed by atoms with Gasteiger partial charge in [-0.05, 0) is 68.4 Å². The number of carbonyl (C=O) groups is 4. The summed E-state index contributed by atoms with van der Waals surface area (Å²) >= 11 is 12.3. The first-order valence-electron chi connectivity index (χ1n) is 14.8. The SMILES string of the molecule is CCC(NC(=O)[C@@H]1C[C@@H](S(=O)(=O)c2ccccc2Cl)CN1C(=O)C1(c2ccc(Cl)cc2)CC1)C(=O)C(=O)NC1CCOCC1. The Morgan fingerprint density at radius 1 is 1.02 bits per heavy atom. The average Bonchev–Trinajstić information content (AvgIpc) is 3.70. The van der Waals surface area contributed by atoms with Crippen molar-refractivity contribution in [2.45, 2.75) is 79.1 Å². The second-order valence-corrected chi connectivity index (χ2v) is 14.6. The molecule has 10 nitrogen and oxygen atoms in total. The highest BCUT2D eigenvalue weighted by Crippen LogP contribution is 2.51. The fraction of sp³-hybridized carbons (Fsp3) is 0.484. The molecule has 3 atom stereocenters. The van der Waals surface area contributed by atoms with Crippen molar-refractivity contribution in [3.8, 4) is 0 Å². The third-order valence-corrected chi connectivity index (χ3v) is 11.7. The molecular formula is C31H35Cl2N3O7S. The molecule has 2 aliphatic heterocycles. The fourth-order valence-electron chi connectivity index (χ4n) is 6.02. The topological polar surface area (TPSA) is 139 Å². The number of amides is 3. The number of nitrogens with one attached hydrogen (secondary N) is 2. The molecule has 2 N–H and O–H groups in total.